The van der Waals surface area contributed by atoms with Gasteiger partial charge in [-0.3, -0.25) is 0 Å². The van der Waals surface area contributed by atoms with Crippen LogP contribution in [0.4, 0.5) is 0 Å². The number of rotatable bonds is 9. The summed E-state index contributed by atoms with van der Waals surface area (Å²) in [5.41, 5.74) is -0.442. The van der Waals surface area contributed by atoms with E-state index in [2.05, 4.69) is 20.1 Å². The van der Waals surface area contributed by atoms with Gasteiger partial charge in [-0.15, -0.1) is 13.2 Å². The molecule has 0 aliphatic rings. The topological polar surface area (TPSA) is 18.5 Å². The first-order valence-electron chi connectivity index (χ1n) is 6.09. The fraction of sp³-hybridized carbons (Fsp3) is 0.312. The van der Waals surface area contributed by atoms with E-state index in [0.29, 0.717) is 26.1 Å². The molecule has 2 heteroatoms. The number of ether oxygens (including phenoxy) is 2. The second-order valence-corrected chi connectivity index (χ2v) is 4.14. The zero-order valence-electron chi connectivity index (χ0n) is 10.8. The average molecular weight is 245 g/mol. The molecule has 1 rings (SSSR count). The SMILES string of the molecule is [CH2]COCC(CC=C)(CC=C)Oc1ccccc1. The summed E-state index contributed by atoms with van der Waals surface area (Å²) in [4.78, 5) is 0. The molecule has 0 amide bonds. The van der Waals surface area contributed by atoms with Gasteiger partial charge in [0.05, 0.1) is 6.61 Å². The summed E-state index contributed by atoms with van der Waals surface area (Å²) in [6.45, 7) is 12.2. The molecule has 0 atom stereocenters. The third kappa shape index (κ3) is 4.38. The third-order valence-corrected chi connectivity index (χ3v) is 2.62. The van der Waals surface area contributed by atoms with E-state index in [1.165, 1.54) is 0 Å². The highest BCUT2D eigenvalue weighted by Gasteiger charge is 2.30. The van der Waals surface area contributed by atoms with Crippen molar-refractivity contribution in [2.75, 3.05) is 13.2 Å². The minimum Gasteiger partial charge on any atom is -0.484 e. The highest BCUT2D eigenvalue weighted by atomic mass is 16.5. The van der Waals surface area contributed by atoms with Gasteiger partial charge >= 0.3 is 0 Å². The molecule has 0 heterocycles. The van der Waals surface area contributed by atoms with Crippen LogP contribution in [0, 0.1) is 6.92 Å². The molecule has 0 aliphatic carbocycles. The van der Waals surface area contributed by atoms with Crippen molar-refractivity contribution in [3.05, 3.63) is 62.6 Å². The molecular weight excluding hydrogens is 224 g/mol. The van der Waals surface area contributed by atoms with Crippen LogP contribution in [0.2, 0.25) is 0 Å². The molecule has 0 saturated carbocycles. The first kappa shape index (κ1) is 14.5. The minimum absolute atomic E-state index is 0.425. The second kappa shape index (κ2) is 7.72. The molecule has 0 fully saturated rings. The summed E-state index contributed by atoms with van der Waals surface area (Å²) in [5, 5.41) is 0. The summed E-state index contributed by atoms with van der Waals surface area (Å²) in [5.74, 6) is 0.828. The molecule has 0 unspecified atom stereocenters. The molecular formula is C16H21O2. The van der Waals surface area contributed by atoms with Gasteiger partial charge < -0.3 is 9.47 Å². The van der Waals surface area contributed by atoms with Crippen molar-refractivity contribution in [2.45, 2.75) is 18.4 Å². The van der Waals surface area contributed by atoms with E-state index < -0.39 is 5.60 Å². The lowest BCUT2D eigenvalue weighted by Crippen LogP contribution is -2.40. The van der Waals surface area contributed by atoms with Crippen molar-refractivity contribution in [3.63, 3.8) is 0 Å². The Morgan fingerprint density at radius 3 is 2.17 bits per heavy atom. The maximum Gasteiger partial charge on any atom is 0.139 e. The third-order valence-electron chi connectivity index (χ3n) is 2.62. The summed E-state index contributed by atoms with van der Waals surface area (Å²) in [6.07, 6.45) is 5.10. The van der Waals surface area contributed by atoms with Crippen LogP contribution in [-0.4, -0.2) is 18.8 Å². The van der Waals surface area contributed by atoms with E-state index in [4.69, 9.17) is 9.47 Å². The van der Waals surface area contributed by atoms with Crippen molar-refractivity contribution in [3.8, 4) is 5.75 Å². The number of para-hydroxylation sites is 1. The van der Waals surface area contributed by atoms with Crippen LogP contribution in [-0.2, 0) is 4.74 Å². The van der Waals surface area contributed by atoms with E-state index in [0.717, 1.165) is 5.75 Å². The lowest BCUT2D eigenvalue weighted by Gasteiger charge is -2.32. The van der Waals surface area contributed by atoms with E-state index in [-0.39, 0.29) is 0 Å². The van der Waals surface area contributed by atoms with Crippen LogP contribution in [0.3, 0.4) is 0 Å². The molecule has 18 heavy (non-hydrogen) atoms. The molecule has 97 valence electrons. The molecule has 0 aliphatic heterocycles. The Labute approximate surface area is 110 Å². The summed E-state index contributed by atoms with van der Waals surface area (Å²) in [6, 6.07) is 9.73. The fourth-order valence-corrected chi connectivity index (χ4v) is 1.84. The molecule has 0 N–H and O–H groups in total. The first-order chi connectivity index (χ1) is 8.76. The normalized spacial score (nSPS) is 10.9. The van der Waals surface area contributed by atoms with Crippen molar-refractivity contribution < 1.29 is 9.47 Å². The summed E-state index contributed by atoms with van der Waals surface area (Å²) < 4.78 is 11.5. The Morgan fingerprint density at radius 2 is 1.67 bits per heavy atom. The first-order valence-corrected chi connectivity index (χ1v) is 6.09. The van der Waals surface area contributed by atoms with Gasteiger partial charge in [-0.25, -0.2) is 0 Å². The minimum atomic E-state index is -0.442. The lowest BCUT2D eigenvalue weighted by atomic mass is 9.96. The van der Waals surface area contributed by atoms with E-state index in [1.807, 2.05) is 42.5 Å². The highest BCUT2D eigenvalue weighted by Crippen LogP contribution is 2.26. The molecule has 0 saturated heterocycles. The molecule has 1 radical (unpaired) electrons. The Bertz CT molecular complexity index is 347. The standard InChI is InChI=1S/C16H21O2/c1-4-12-16(13-5-2,14-17-6-3)18-15-10-8-7-9-11-15/h4-5,7-11H,1-3,6,12-14H2. The molecule has 0 spiro atoms. The fourth-order valence-electron chi connectivity index (χ4n) is 1.84. The zero-order valence-corrected chi connectivity index (χ0v) is 10.8. The van der Waals surface area contributed by atoms with Crippen molar-refractivity contribution in [1.82, 2.24) is 0 Å². The molecule has 1 aromatic rings. The van der Waals surface area contributed by atoms with Gasteiger partial charge in [0.25, 0.3) is 0 Å². The lowest BCUT2D eigenvalue weighted by molar-refractivity contribution is -0.0162. The summed E-state index contributed by atoms with van der Waals surface area (Å²) >= 11 is 0. The summed E-state index contributed by atoms with van der Waals surface area (Å²) in [7, 11) is 0. The van der Waals surface area contributed by atoms with Crippen molar-refractivity contribution >= 4 is 0 Å². The van der Waals surface area contributed by atoms with E-state index in [9.17, 15) is 0 Å². The molecule has 1 aromatic carbocycles. The quantitative estimate of drug-likeness (QED) is 0.616. The zero-order chi connectivity index (χ0) is 13.3. The van der Waals surface area contributed by atoms with E-state index in [1.54, 1.807) is 0 Å². The average Bonchev–Trinajstić information content (AvgIpc) is 2.38. The van der Waals surface area contributed by atoms with Gasteiger partial charge in [-0.1, -0.05) is 30.4 Å². The number of hydrogen-bond donors (Lipinski definition) is 0. The van der Waals surface area contributed by atoms with Crippen LogP contribution in [0.5, 0.6) is 5.75 Å². The number of benzene rings is 1. The Hall–Kier alpha value is -1.54. The monoisotopic (exact) mass is 245 g/mol. The Kier molecular flexibility index (Phi) is 6.23. The van der Waals surface area contributed by atoms with Gasteiger partial charge in [0.1, 0.15) is 11.4 Å². The second-order valence-electron chi connectivity index (χ2n) is 4.14. The number of hydrogen-bond acceptors (Lipinski definition) is 2. The van der Waals surface area contributed by atoms with Crippen LogP contribution >= 0.6 is 0 Å². The largest absolute Gasteiger partial charge is 0.484 e. The van der Waals surface area contributed by atoms with Gasteiger partial charge in [-0.05, 0) is 19.1 Å². The van der Waals surface area contributed by atoms with Gasteiger partial charge in [0.15, 0.2) is 0 Å². The molecule has 2 nitrogen and oxygen atoms in total. The van der Waals surface area contributed by atoms with Crippen LogP contribution < -0.4 is 4.74 Å². The highest BCUT2D eigenvalue weighted by molar-refractivity contribution is 5.22. The smallest absolute Gasteiger partial charge is 0.139 e. The van der Waals surface area contributed by atoms with Crippen molar-refractivity contribution in [2.24, 2.45) is 0 Å². The molecule has 0 bridgehead atoms. The van der Waals surface area contributed by atoms with Gasteiger partial charge in [-0.2, -0.15) is 0 Å². The van der Waals surface area contributed by atoms with Crippen LogP contribution in [0.25, 0.3) is 0 Å². The maximum absolute atomic E-state index is 6.09. The van der Waals surface area contributed by atoms with Crippen molar-refractivity contribution in [1.29, 1.82) is 0 Å². The van der Waals surface area contributed by atoms with Crippen LogP contribution in [0.1, 0.15) is 12.8 Å². The van der Waals surface area contributed by atoms with Crippen LogP contribution in [0.15, 0.2) is 55.6 Å². The van der Waals surface area contributed by atoms with E-state index >= 15 is 0 Å². The predicted octanol–water partition coefficient (Wildman–Crippen LogP) is 3.81. The Balaban J connectivity index is 2.85. The Morgan fingerprint density at radius 1 is 1.06 bits per heavy atom. The maximum atomic E-state index is 6.09. The predicted molar refractivity (Wildman–Crippen MR) is 75.6 cm³/mol. The van der Waals surface area contributed by atoms with Gasteiger partial charge in [0, 0.05) is 19.4 Å². The molecule has 0 aromatic heterocycles. The van der Waals surface area contributed by atoms with Gasteiger partial charge in [0.2, 0.25) is 0 Å².